The number of amides is 1. The summed E-state index contributed by atoms with van der Waals surface area (Å²) < 4.78 is 0. The first-order valence-electron chi connectivity index (χ1n) is 12.3. The van der Waals surface area contributed by atoms with Crippen LogP contribution in [0.3, 0.4) is 0 Å². The van der Waals surface area contributed by atoms with Crippen molar-refractivity contribution >= 4 is 17.3 Å². The van der Waals surface area contributed by atoms with E-state index in [1.807, 2.05) is 49.1 Å². The lowest BCUT2D eigenvalue weighted by molar-refractivity contribution is 0.0773. The number of rotatable bonds is 8. The molecule has 4 rings (SSSR count). The van der Waals surface area contributed by atoms with Crippen LogP contribution in [0.1, 0.15) is 41.4 Å². The van der Waals surface area contributed by atoms with E-state index in [9.17, 15) is 4.79 Å². The molecule has 0 unspecified atom stereocenters. The van der Waals surface area contributed by atoms with Gasteiger partial charge in [-0.1, -0.05) is 42.5 Å². The molecule has 5 heteroatoms. The Hall–Kier alpha value is -3.15. The zero-order chi connectivity index (χ0) is 23.9. The van der Waals surface area contributed by atoms with Gasteiger partial charge < -0.3 is 15.1 Å². The fraction of sp³-hybridized carbons (Fsp3) is 0.345. The van der Waals surface area contributed by atoms with E-state index in [2.05, 4.69) is 70.7 Å². The summed E-state index contributed by atoms with van der Waals surface area (Å²) in [6, 6.07) is 27.4. The van der Waals surface area contributed by atoms with Gasteiger partial charge in [-0.05, 0) is 68.4 Å². The standard InChI is InChI=1S/C29H36N4O/c1-4-32(5-2)29(34)24-16-14-23(15-17-24)28(33-20-18-31(3)19-21-33)25-10-9-13-27(22-25)30-26-11-7-6-8-12-26/h6-17,22,28,30H,4-5,18-21H2,1-3H3/t28-/m0/s1. The molecule has 1 aliphatic rings. The predicted molar refractivity (Wildman–Crippen MR) is 141 cm³/mol. The van der Waals surface area contributed by atoms with Crippen LogP contribution in [-0.4, -0.2) is 66.9 Å². The summed E-state index contributed by atoms with van der Waals surface area (Å²) in [6.45, 7) is 9.62. The molecule has 3 aromatic rings. The molecule has 1 fully saturated rings. The Kier molecular flexibility index (Phi) is 7.99. The van der Waals surface area contributed by atoms with Gasteiger partial charge in [-0.3, -0.25) is 9.69 Å². The van der Waals surface area contributed by atoms with Crippen molar-refractivity contribution in [3.63, 3.8) is 0 Å². The van der Waals surface area contributed by atoms with Crippen LogP contribution >= 0.6 is 0 Å². The molecule has 34 heavy (non-hydrogen) atoms. The Bertz CT molecular complexity index is 1060. The second-order valence-electron chi connectivity index (χ2n) is 8.96. The number of benzene rings is 3. The van der Waals surface area contributed by atoms with Gasteiger partial charge in [0.25, 0.3) is 5.91 Å². The number of likely N-dealkylation sites (N-methyl/N-ethyl adjacent to an activating group) is 1. The Morgan fingerprint density at radius 2 is 1.47 bits per heavy atom. The van der Waals surface area contributed by atoms with Gasteiger partial charge in [0.2, 0.25) is 0 Å². The Morgan fingerprint density at radius 1 is 0.824 bits per heavy atom. The summed E-state index contributed by atoms with van der Waals surface area (Å²) >= 11 is 0. The maximum absolute atomic E-state index is 12.8. The van der Waals surface area contributed by atoms with E-state index < -0.39 is 0 Å². The molecule has 3 aromatic carbocycles. The summed E-state index contributed by atoms with van der Waals surface area (Å²) in [5, 5.41) is 3.53. The monoisotopic (exact) mass is 456 g/mol. The lowest BCUT2D eigenvalue weighted by atomic mass is 9.95. The van der Waals surface area contributed by atoms with Crippen molar-refractivity contribution in [1.82, 2.24) is 14.7 Å². The average Bonchev–Trinajstić information content (AvgIpc) is 2.87. The number of anilines is 2. The van der Waals surface area contributed by atoms with Crippen LogP contribution < -0.4 is 5.32 Å². The molecule has 0 bridgehead atoms. The normalized spacial score (nSPS) is 15.6. The molecule has 0 spiro atoms. The van der Waals surface area contributed by atoms with Crippen molar-refractivity contribution in [1.29, 1.82) is 0 Å². The molecule has 1 saturated heterocycles. The molecular weight excluding hydrogens is 420 g/mol. The summed E-state index contributed by atoms with van der Waals surface area (Å²) in [4.78, 5) is 19.6. The average molecular weight is 457 g/mol. The van der Waals surface area contributed by atoms with E-state index in [4.69, 9.17) is 0 Å². The third kappa shape index (κ3) is 5.66. The fourth-order valence-electron chi connectivity index (χ4n) is 4.67. The number of hydrogen-bond acceptors (Lipinski definition) is 4. The number of carbonyl (C=O) groups excluding carboxylic acids is 1. The van der Waals surface area contributed by atoms with E-state index in [1.54, 1.807) is 0 Å². The minimum Gasteiger partial charge on any atom is -0.356 e. The number of nitrogens with zero attached hydrogens (tertiary/aromatic N) is 3. The SMILES string of the molecule is CCN(CC)C(=O)c1ccc([C@@H](c2cccc(Nc3ccccc3)c2)N2CCN(C)CC2)cc1. The third-order valence-electron chi connectivity index (χ3n) is 6.69. The van der Waals surface area contributed by atoms with E-state index in [1.165, 1.54) is 11.1 Å². The van der Waals surface area contributed by atoms with Crippen LogP contribution in [0.25, 0.3) is 0 Å². The smallest absolute Gasteiger partial charge is 0.253 e. The molecule has 1 heterocycles. The Balaban J connectivity index is 1.64. The fourth-order valence-corrected chi connectivity index (χ4v) is 4.67. The van der Waals surface area contributed by atoms with Crippen molar-refractivity contribution in [2.75, 3.05) is 51.6 Å². The number of piperazine rings is 1. The largest absolute Gasteiger partial charge is 0.356 e. The second-order valence-corrected chi connectivity index (χ2v) is 8.96. The van der Waals surface area contributed by atoms with Crippen molar-refractivity contribution in [2.24, 2.45) is 0 Å². The molecule has 5 nitrogen and oxygen atoms in total. The van der Waals surface area contributed by atoms with E-state index in [-0.39, 0.29) is 11.9 Å². The number of nitrogens with one attached hydrogen (secondary N) is 1. The maximum Gasteiger partial charge on any atom is 0.253 e. The van der Waals surface area contributed by atoms with Crippen LogP contribution in [0.15, 0.2) is 78.9 Å². The van der Waals surface area contributed by atoms with Crippen molar-refractivity contribution in [2.45, 2.75) is 19.9 Å². The zero-order valence-corrected chi connectivity index (χ0v) is 20.6. The van der Waals surface area contributed by atoms with Crippen LogP contribution in [0.4, 0.5) is 11.4 Å². The van der Waals surface area contributed by atoms with Crippen molar-refractivity contribution in [3.05, 3.63) is 95.6 Å². The van der Waals surface area contributed by atoms with Crippen molar-refractivity contribution < 1.29 is 4.79 Å². The molecule has 1 amide bonds. The Labute approximate surface area is 204 Å². The Morgan fingerprint density at radius 3 is 2.12 bits per heavy atom. The highest BCUT2D eigenvalue weighted by atomic mass is 16.2. The molecule has 0 saturated carbocycles. The van der Waals surface area contributed by atoms with Crippen LogP contribution in [0.2, 0.25) is 0 Å². The van der Waals surface area contributed by atoms with Gasteiger partial charge >= 0.3 is 0 Å². The second kappa shape index (κ2) is 11.3. The predicted octanol–water partition coefficient (Wildman–Crippen LogP) is 5.25. The van der Waals surface area contributed by atoms with E-state index >= 15 is 0 Å². The molecule has 178 valence electrons. The molecule has 1 N–H and O–H groups in total. The number of carbonyl (C=O) groups is 1. The van der Waals surface area contributed by atoms with E-state index in [0.29, 0.717) is 0 Å². The lowest BCUT2D eigenvalue weighted by Gasteiger charge is -2.38. The first kappa shape index (κ1) is 24.0. The first-order chi connectivity index (χ1) is 16.6. The van der Waals surface area contributed by atoms with Gasteiger partial charge in [0.15, 0.2) is 0 Å². The quantitative estimate of drug-likeness (QED) is 0.503. The highest BCUT2D eigenvalue weighted by Crippen LogP contribution is 2.32. The molecule has 1 atom stereocenters. The zero-order valence-electron chi connectivity index (χ0n) is 20.6. The number of hydrogen-bond donors (Lipinski definition) is 1. The van der Waals surface area contributed by atoms with E-state index in [0.717, 1.165) is 56.2 Å². The van der Waals surface area contributed by atoms with Crippen molar-refractivity contribution in [3.8, 4) is 0 Å². The molecular formula is C29H36N4O. The molecule has 0 radical (unpaired) electrons. The van der Waals surface area contributed by atoms with Gasteiger partial charge in [-0.15, -0.1) is 0 Å². The summed E-state index contributed by atoms with van der Waals surface area (Å²) in [5.74, 6) is 0.0988. The minimum atomic E-state index is 0.0988. The van der Waals surface area contributed by atoms with Gasteiger partial charge in [0, 0.05) is 56.2 Å². The first-order valence-corrected chi connectivity index (χ1v) is 12.3. The highest BCUT2D eigenvalue weighted by Gasteiger charge is 2.26. The summed E-state index contributed by atoms with van der Waals surface area (Å²) in [5.41, 5.74) is 5.39. The van der Waals surface area contributed by atoms with Gasteiger partial charge in [0.05, 0.1) is 6.04 Å². The minimum absolute atomic E-state index is 0.0988. The molecule has 1 aliphatic heterocycles. The van der Waals surface area contributed by atoms with Crippen LogP contribution in [0.5, 0.6) is 0 Å². The highest BCUT2D eigenvalue weighted by molar-refractivity contribution is 5.94. The lowest BCUT2D eigenvalue weighted by Crippen LogP contribution is -2.46. The summed E-state index contributed by atoms with van der Waals surface area (Å²) in [6.07, 6.45) is 0. The molecule has 0 aliphatic carbocycles. The van der Waals surface area contributed by atoms with Crippen LogP contribution in [0, 0.1) is 0 Å². The van der Waals surface area contributed by atoms with Gasteiger partial charge in [-0.2, -0.15) is 0 Å². The topological polar surface area (TPSA) is 38.8 Å². The summed E-state index contributed by atoms with van der Waals surface area (Å²) in [7, 11) is 2.18. The maximum atomic E-state index is 12.8. The molecule has 0 aromatic heterocycles. The van der Waals surface area contributed by atoms with Gasteiger partial charge in [-0.25, -0.2) is 0 Å². The third-order valence-corrected chi connectivity index (χ3v) is 6.69. The van der Waals surface area contributed by atoms with Crippen LogP contribution in [-0.2, 0) is 0 Å². The number of para-hydroxylation sites is 1. The van der Waals surface area contributed by atoms with Gasteiger partial charge in [0.1, 0.15) is 0 Å².